The van der Waals surface area contributed by atoms with Crippen LogP contribution >= 0.6 is 11.3 Å². The van der Waals surface area contributed by atoms with E-state index in [2.05, 4.69) is 46.5 Å². The topological polar surface area (TPSA) is 54.9 Å². The molecule has 0 spiro atoms. The number of nitrogens with one attached hydrogen (secondary N) is 1. The van der Waals surface area contributed by atoms with Gasteiger partial charge in [-0.25, -0.2) is 4.98 Å². The predicted molar refractivity (Wildman–Crippen MR) is 124 cm³/mol. The number of pyridine rings is 1. The van der Waals surface area contributed by atoms with Crippen LogP contribution in [0.5, 0.6) is 0 Å². The van der Waals surface area contributed by atoms with Gasteiger partial charge in [0.2, 0.25) is 5.91 Å². The molecule has 4 bridgehead atoms. The molecule has 4 saturated carbocycles. The molecule has 158 valence electrons. The van der Waals surface area contributed by atoms with Crippen molar-refractivity contribution >= 4 is 22.4 Å². The van der Waals surface area contributed by atoms with Crippen LogP contribution in [0.1, 0.15) is 49.7 Å². The summed E-state index contributed by atoms with van der Waals surface area (Å²) in [7, 11) is 0. The maximum Gasteiger partial charge on any atom is 0.232 e. The molecule has 7 rings (SSSR count). The molecule has 4 nitrogen and oxygen atoms in total. The van der Waals surface area contributed by atoms with Gasteiger partial charge in [-0.05, 0) is 80.4 Å². The molecule has 1 N–H and O–H groups in total. The molecule has 4 atom stereocenters. The van der Waals surface area contributed by atoms with E-state index in [0.717, 1.165) is 30.7 Å². The Morgan fingerprint density at radius 3 is 2.52 bits per heavy atom. The Bertz CT molecular complexity index is 1110. The van der Waals surface area contributed by atoms with Gasteiger partial charge < -0.3 is 5.32 Å². The van der Waals surface area contributed by atoms with Gasteiger partial charge in [-0.2, -0.15) is 0 Å². The minimum absolute atomic E-state index is 0.164. The van der Waals surface area contributed by atoms with Gasteiger partial charge in [-0.15, -0.1) is 11.3 Å². The summed E-state index contributed by atoms with van der Waals surface area (Å²) in [5.41, 5.74) is 4.31. The van der Waals surface area contributed by atoms with Crippen LogP contribution in [0.4, 0.5) is 5.13 Å². The van der Waals surface area contributed by atoms with Crippen molar-refractivity contribution in [3.8, 4) is 11.4 Å². The highest BCUT2D eigenvalue weighted by molar-refractivity contribution is 7.14. The Labute approximate surface area is 187 Å². The minimum atomic E-state index is -0.258. The van der Waals surface area contributed by atoms with E-state index in [9.17, 15) is 4.79 Å². The number of benzene rings is 1. The summed E-state index contributed by atoms with van der Waals surface area (Å²) in [5.74, 6) is 1.50. The lowest BCUT2D eigenvalue weighted by Crippen LogP contribution is -2.57. The molecule has 4 aliphatic carbocycles. The standard InChI is InChI=1S/C26H27N3OS/c1-17-5-7-20(8-6-17)25-11-18-10-19(12-25)14-26(13-18,16-25)23(30)29-24-28-22(15-31-24)21-4-2-3-9-27-21/h2-9,15,18-19H,10-14,16H2,1H3,(H,28,29,30)/t18-,19+,25?,26?. The van der Waals surface area contributed by atoms with Crippen molar-refractivity contribution < 1.29 is 4.79 Å². The summed E-state index contributed by atoms with van der Waals surface area (Å²) in [5, 5.41) is 5.87. The van der Waals surface area contributed by atoms with Crippen LogP contribution in [0.15, 0.2) is 54.0 Å². The zero-order valence-electron chi connectivity index (χ0n) is 17.8. The lowest BCUT2D eigenvalue weighted by Gasteiger charge is -2.61. The van der Waals surface area contributed by atoms with Gasteiger partial charge in [-0.1, -0.05) is 35.9 Å². The quantitative estimate of drug-likeness (QED) is 0.554. The van der Waals surface area contributed by atoms with Crippen LogP contribution in [0.2, 0.25) is 0 Å². The smallest absolute Gasteiger partial charge is 0.232 e. The predicted octanol–water partition coefficient (Wildman–Crippen LogP) is 5.99. The van der Waals surface area contributed by atoms with E-state index in [1.807, 2.05) is 23.6 Å². The normalized spacial score (nSPS) is 31.0. The van der Waals surface area contributed by atoms with Crippen molar-refractivity contribution in [3.63, 3.8) is 0 Å². The summed E-state index contributed by atoms with van der Waals surface area (Å²) < 4.78 is 0. The van der Waals surface area contributed by atoms with Crippen molar-refractivity contribution in [2.45, 2.75) is 50.9 Å². The highest BCUT2D eigenvalue weighted by atomic mass is 32.1. The number of aromatic nitrogens is 2. The molecule has 1 amide bonds. The van der Waals surface area contributed by atoms with Gasteiger partial charge in [0, 0.05) is 11.6 Å². The maximum atomic E-state index is 13.7. The third-order valence-electron chi connectivity index (χ3n) is 7.86. The fourth-order valence-electron chi connectivity index (χ4n) is 6.97. The molecule has 3 aromatic rings. The Kier molecular flexibility index (Phi) is 4.32. The van der Waals surface area contributed by atoms with E-state index in [1.54, 1.807) is 6.20 Å². The molecule has 4 fully saturated rings. The molecule has 0 saturated heterocycles. The van der Waals surface area contributed by atoms with Crippen LogP contribution in [-0.4, -0.2) is 15.9 Å². The molecular weight excluding hydrogens is 402 g/mol. The zero-order valence-corrected chi connectivity index (χ0v) is 18.6. The lowest BCUT2D eigenvalue weighted by molar-refractivity contribution is -0.143. The minimum Gasteiger partial charge on any atom is -0.301 e. The van der Waals surface area contributed by atoms with E-state index < -0.39 is 0 Å². The number of thiazole rings is 1. The van der Waals surface area contributed by atoms with Gasteiger partial charge in [0.1, 0.15) is 5.69 Å². The Balaban J connectivity index is 1.28. The fourth-order valence-corrected chi connectivity index (χ4v) is 7.67. The number of hydrogen-bond donors (Lipinski definition) is 1. The average Bonchev–Trinajstić information content (AvgIpc) is 3.22. The summed E-state index contributed by atoms with van der Waals surface area (Å²) >= 11 is 1.49. The molecule has 0 aliphatic heterocycles. The molecule has 2 aromatic heterocycles. The first kappa shape index (κ1) is 19.2. The molecule has 31 heavy (non-hydrogen) atoms. The number of nitrogens with zero attached hydrogens (tertiary/aromatic N) is 2. The molecular formula is C26H27N3OS. The largest absolute Gasteiger partial charge is 0.301 e. The summed E-state index contributed by atoms with van der Waals surface area (Å²) in [4.78, 5) is 22.7. The third-order valence-corrected chi connectivity index (χ3v) is 8.62. The number of anilines is 1. The first-order valence-corrected chi connectivity index (χ1v) is 12.2. The SMILES string of the molecule is Cc1ccc(C23C[C@@H]4C[C@@H](CC(C(=O)Nc5nc(-c6ccccn6)cs5)(C4)C2)C3)cc1. The van der Waals surface area contributed by atoms with Crippen molar-refractivity contribution in [3.05, 3.63) is 65.2 Å². The number of rotatable bonds is 4. The maximum absolute atomic E-state index is 13.7. The molecule has 2 unspecified atom stereocenters. The highest BCUT2D eigenvalue weighted by Gasteiger charge is 2.61. The summed E-state index contributed by atoms with van der Waals surface area (Å²) in [6.45, 7) is 2.14. The van der Waals surface area contributed by atoms with Crippen molar-refractivity contribution in [2.24, 2.45) is 17.3 Å². The second-order valence-electron chi connectivity index (χ2n) is 10.1. The number of hydrogen-bond acceptors (Lipinski definition) is 4. The van der Waals surface area contributed by atoms with Crippen LogP contribution in [0.25, 0.3) is 11.4 Å². The molecule has 5 heteroatoms. The van der Waals surface area contributed by atoms with Crippen LogP contribution < -0.4 is 5.32 Å². The van der Waals surface area contributed by atoms with E-state index in [-0.39, 0.29) is 16.7 Å². The van der Waals surface area contributed by atoms with Gasteiger partial charge in [0.15, 0.2) is 5.13 Å². The van der Waals surface area contributed by atoms with Crippen LogP contribution in [0, 0.1) is 24.2 Å². The first-order chi connectivity index (χ1) is 15.0. The number of carbonyl (C=O) groups excluding carboxylic acids is 1. The van der Waals surface area contributed by atoms with Crippen molar-refractivity contribution in [1.29, 1.82) is 0 Å². The summed E-state index contributed by atoms with van der Waals surface area (Å²) in [6, 6.07) is 14.9. The number of amides is 1. The fraction of sp³-hybridized carbons (Fsp3) is 0.423. The summed E-state index contributed by atoms with van der Waals surface area (Å²) in [6.07, 6.45) is 8.57. The van der Waals surface area contributed by atoms with Crippen molar-refractivity contribution in [1.82, 2.24) is 9.97 Å². The number of carbonyl (C=O) groups is 1. The van der Waals surface area contributed by atoms with Gasteiger partial charge in [0.05, 0.1) is 11.1 Å². The van der Waals surface area contributed by atoms with Gasteiger partial charge >= 0.3 is 0 Å². The molecule has 4 aliphatic rings. The molecule has 0 radical (unpaired) electrons. The molecule has 1 aromatic carbocycles. The van der Waals surface area contributed by atoms with E-state index in [4.69, 9.17) is 0 Å². The van der Waals surface area contributed by atoms with E-state index >= 15 is 0 Å². The monoisotopic (exact) mass is 429 g/mol. The average molecular weight is 430 g/mol. The Morgan fingerprint density at radius 2 is 1.81 bits per heavy atom. The van der Waals surface area contributed by atoms with Crippen LogP contribution in [-0.2, 0) is 10.2 Å². The second kappa shape index (κ2) is 6.99. The second-order valence-corrected chi connectivity index (χ2v) is 11.0. The van der Waals surface area contributed by atoms with Gasteiger partial charge in [-0.3, -0.25) is 9.78 Å². The van der Waals surface area contributed by atoms with Crippen molar-refractivity contribution in [2.75, 3.05) is 5.32 Å². The third kappa shape index (κ3) is 3.21. The highest BCUT2D eigenvalue weighted by Crippen LogP contribution is 2.66. The van der Waals surface area contributed by atoms with E-state index in [1.165, 1.54) is 41.7 Å². The number of aryl methyl sites for hydroxylation is 1. The Hall–Kier alpha value is -2.53. The van der Waals surface area contributed by atoms with Crippen LogP contribution in [0.3, 0.4) is 0 Å². The first-order valence-electron chi connectivity index (χ1n) is 11.3. The zero-order chi connectivity index (χ0) is 21.1. The van der Waals surface area contributed by atoms with E-state index in [0.29, 0.717) is 17.0 Å². The molecule has 2 heterocycles. The lowest BCUT2D eigenvalue weighted by atomic mass is 9.42. The Morgan fingerprint density at radius 1 is 1.03 bits per heavy atom. The van der Waals surface area contributed by atoms with Gasteiger partial charge in [0.25, 0.3) is 0 Å².